The third kappa shape index (κ3) is 5.34. The third-order valence-electron chi connectivity index (χ3n) is 5.35. The normalized spacial score (nSPS) is 14.0. The molecule has 0 atom stereocenters. The van der Waals surface area contributed by atoms with Gasteiger partial charge >= 0.3 is 0 Å². The van der Waals surface area contributed by atoms with Gasteiger partial charge in [-0.05, 0) is 74.7 Å². The number of aromatic nitrogens is 3. The van der Waals surface area contributed by atoms with Crippen molar-refractivity contribution in [3.8, 4) is 5.75 Å². The number of H-pyrrole nitrogens is 1. The van der Waals surface area contributed by atoms with E-state index in [0.29, 0.717) is 48.0 Å². The van der Waals surface area contributed by atoms with Crippen molar-refractivity contribution < 1.29 is 9.13 Å². The van der Waals surface area contributed by atoms with E-state index in [1.165, 1.54) is 12.1 Å². The summed E-state index contributed by atoms with van der Waals surface area (Å²) in [6, 6.07) is 9.76. The van der Waals surface area contributed by atoms with Gasteiger partial charge in [0, 0.05) is 18.3 Å². The van der Waals surface area contributed by atoms with E-state index in [9.17, 15) is 4.39 Å². The Kier molecular flexibility index (Phi) is 6.82. The second-order valence-corrected chi connectivity index (χ2v) is 7.72. The van der Waals surface area contributed by atoms with Crippen LogP contribution in [0.2, 0.25) is 0 Å². The molecule has 1 fully saturated rings. The molecule has 166 valence electrons. The second kappa shape index (κ2) is 10.1. The highest BCUT2D eigenvalue weighted by atomic mass is 19.1. The number of halogens is 1. The first-order valence-electron chi connectivity index (χ1n) is 10.7. The summed E-state index contributed by atoms with van der Waals surface area (Å²) >= 11 is 0. The highest BCUT2D eigenvalue weighted by Crippen LogP contribution is 2.39. The molecule has 8 nitrogen and oxygen atoms in total. The SMILES string of the molecule is [C-]#[N+]c1c(C2CCNCC2)cc(Nc2cc(C)[nH]n2)nc1NCCOc1ccc(F)cc1. The van der Waals surface area contributed by atoms with E-state index in [1.54, 1.807) is 12.1 Å². The maximum absolute atomic E-state index is 13.0. The van der Waals surface area contributed by atoms with Crippen molar-refractivity contribution in [2.45, 2.75) is 25.7 Å². The molecule has 9 heteroatoms. The van der Waals surface area contributed by atoms with Gasteiger partial charge in [-0.3, -0.25) is 5.10 Å². The van der Waals surface area contributed by atoms with E-state index in [-0.39, 0.29) is 5.82 Å². The zero-order valence-electron chi connectivity index (χ0n) is 17.9. The Bertz CT molecular complexity index is 1080. The van der Waals surface area contributed by atoms with Crippen LogP contribution in [0, 0.1) is 19.3 Å². The number of anilines is 3. The van der Waals surface area contributed by atoms with Crippen LogP contribution >= 0.6 is 0 Å². The number of rotatable bonds is 8. The van der Waals surface area contributed by atoms with E-state index < -0.39 is 0 Å². The summed E-state index contributed by atoms with van der Waals surface area (Å²) < 4.78 is 18.7. The molecular formula is C23H26FN7O. The van der Waals surface area contributed by atoms with E-state index in [2.05, 4.69) is 36.0 Å². The van der Waals surface area contributed by atoms with Crippen LogP contribution in [0.25, 0.3) is 4.85 Å². The fourth-order valence-electron chi connectivity index (χ4n) is 3.79. The molecule has 4 rings (SSSR count). The molecule has 0 aliphatic carbocycles. The van der Waals surface area contributed by atoms with Gasteiger partial charge in [-0.2, -0.15) is 5.10 Å². The predicted molar refractivity (Wildman–Crippen MR) is 122 cm³/mol. The Labute approximate surface area is 186 Å². The van der Waals surface area contributed by atoms with Crippen LogP contribution in [-0.2, 0) is 0 Å². The van der Waals surface area contributed by atoms with Crippen molar-refractivity contribution in [3.05, 3.63) is 64.9 Å². The lowest BCUT2D eigenvalue weighted by Gasteiger charge is -2.25. The first kappa shape index (κ1) is 21.6. The van der Waals surface area contributed by atoms with Gasteiger partial charge in [-0.25, -0.2) is 14.2 Å². The number of nitrogens with zero attached hydrogens (tertiary/aromatic N) is 3. The number of piperidine rings is 1. The van der Waals surface area contributed by atoms with Crippen molar-refractivity contribution >= 4 is 23.1 Å². The van der Waals surface area contributed by atoms with Gasteiger partial charge in [-0.1, -0.05) is 0 Å². The zero-order chi connectivity index (χ0) is 22.3. The number of aryl methyl sites for hydroxylation is 1. The van der Waals surface area contributed by atoms with Crippen LogP contribution in [-0.4, -0.2) is 41.4 Å². The van der Waals surface area contributed by atoms with Crippen LogP contribution in [0.15, 0.2) is 36.4 Å². The van der Waals surface area contributed by atoms with Crippen LogP contribution in [0.5, 0.6) is 5.75 Å². The maximum Gasteiger partial charge on any atom is 0.231 e. The van der Waals surface area contributed by atoms with Gasteiger partial charge in [0.25, 0.3) is 0 Å². The van der Waals surface area contributed by atoms with Crippen molar-refractivity contribution in [2.24, 2.45) is 0 Å². The van der Waals surface area contributed by atoms with Gasteiger partial charge in [0.05, 0.1) is 6.57 Å². The lowest BCUT2D eigenvalue weighted by molar-refractivity contribution is 0.332. The number of nitrogens with one attached hydrogen (secondary N) is 4. The van der Waals surface area contributed by atoms with Crippen molar-refractivity contribution in [1.82, 2.24) is 20.5 Å². The minimum absolute atomic E-state index is 0.292. The van der Waals surface area contributed by atoms with Crippen LogP contribution in [0.1, 0.15) is 30.0 Å². The summed E-state index contributed by atoms with van der Waals surface area (Å²) in [5.74, 6) is 2.41. The zero-order valence-corrected chi connectivity index (χ0v) is 17.9. The number of aromatic amines is 1. The molecule has 0 bridgehead atoms. The summed E-state index contributed by atoms with van der Waals surface area (Å²) in [7, 11) is 0. The first-order chi connectivity index (χ1) is 15.6. The summed E-state index contributed by atoms with van der Waals surface area (Å²) in [5, 5.41) is 17.0. The molecule has 2 aromatic heterocycles. The fraction of sp³-hybridized carbons (Fsp3) is 0.348. The Morgan fingerprint density at radius 3 is 2.66 bits per heavy atom. The van der Waals surface area contributed by atoms with Gasteiger partial charge in [0.15, 0.2) is 5.82 Å². The van der Waals surface area contributed by atoms with E-state index >= 15 is 0 Å². The summed E-state index contributed by atoms with van der Waals surface area (Å²) in [4.78, 5) is 8.47. The Morgan fingerprint density at radius 2 is 1.97 bits per heavy atom. The maximum atomic E-state index is 13.0. The standard InChI is InChI=1S/C23H26FN7O/c1-15-13-21(31-30-15)28-20-14-19(16-7-9-26-10-8-16)22(25-2)23(29-20)27-11-12-32-18-5-3-17(24)4-6-18/h3-6,13-14,16,26H,7-12H2,1H3,(H3,27,28,29,30,31). The molecule has 32 heavy (non-hydrogen) atoms. The Morgan fingerprint density at radius 1 is 1.19 bits per heavy atom. The summed E-state index contributed by atoms with van der Waals surface area (Å²) in [5.41, 5.74) is 2.48. The average Bonchev–Trinajstić information content (AvgIpc) is 3.22. The van der Waals surface area contributed by atoms with Gasteiger partial charge in [0.2, 0.25) is 5.69 Å². The van der Waals surface area contributed by atoms with Gasteiger partial charge in [-0.15, -0.1) is 0 Å². The number of hydrogen-bond acceptors (Lipinski definition) is 6. The first-order valence-corrected chi connectivity index (χ1v) is 10.7. The Hall–Kier alpha value is -3.64. The third-order valence-corrected chi connectivity index (χ3v) is 5.35. The number of pyridine rings is 1. The summed E-state index contributed by atoms with van der Waals surface area (Å²) in [6.45, 7) is 12.4. The molecule has 1 saturated heterocycles. The largest absolute Gasteiger partial charge is 0.492 e. The van der Waals surface area contributed by atoms with E-state index in [0.717, 1.165) is 37.2 Å². The van der Waals surface area contributed by atoms with Crippen LogP contribution in [0.4, 0.5) is 27.5 Å². The monoisotopic (exact) mass is 435 g/mol. The quantitative estimate of drug-likeness (QED) is 0.308. The lowest BCUT2D eigenvalue weighted by Crippen LogP contribution is -2.26. The lowest BCUT2D eigenvalue weighted by atomic mass is 9.89. The van der Waals surface area contributed by atoms with Crippen molar-refractivity contribution in [2.75, 3.05) is 36.9 Å². The number of ether oxygens (including phenoxy) is 1. The van der Waals surface area contributed by atoms with Crippen LogP contribution < -0.4 is 20.7 Å². The molecule has 3 heterocycles. The molecule has 1 aliphatic heterocycles. The molecule has 4 N–H and O–H groups in total. The fourth-order valence-corrected chi connectivity index (χ4v) is 3.79. The van der Waals surface area contributed by atoms with Crippen molar-refractivity contribution in [3.63, 3.8) is 0 Å². The molecule has 0 radical (unpaired) electrons. The average molecular weight is 436 g/mol. The molecule has 0 amide bonds. The molecule has 3 aromatic rings. The molecule has 0 spiro atoms. The molecule has 0 saturated carbocycles. The van der Waals surface area contributed by atoms with Crippen LogP contribution in [0.3, 0.4) is 0 Å². The smallest absolute Gasteiger partial charge is 0.231 e. The minimum atomic E-state index is -0.303. The molecule has 0 unspecified atom stereocenters. The second-order valence-electron chi connectivity index (χ2n) is 7.72. The highest BCUT2D eigenvalue weighted by molar-refractivity contribution is 5.74. The molecular weight excluding hydrogens is 409 g/mol. The molecule has 1 aliphatic rings. The van der Waals surface area contributed by atoms with E-state index in [4.69, 9.17) is 11.3 Å². The molecule has 1 aromatic carbocycles. The Balaban J connectivity index is 1.53. The minimum Gasteiger partial charge on any atom is -0.492 e. The predicted octanol–water partition coefficient (Wildman–Crippen LogP) is 4.50. The van der Waals surface area contributed by atoms with Gasteiger partial charge in [0.1, 0.15) is 29.8 Å². The number of benzene rings is 1. The summed E-state index contributed by atoms with van der Waals surface area (Å²) in [6.07, 6.45) is 1.95. The highest BCUT2D eigenvalue weighted by Gasteiger charge is 2.22. The van der Waals surface area contributed by atoms with Crippen molar-refractivity contribution in [1.29, 1.82) is 0 Å². The van der Waals surface area contributed by atoms with Gasteiger partial charge < -0.3 is 20.7 Å². The van der Waals surface area contributed by atoms with E-state index in [1.807, 2.05) is 19.1 Å². The number of hydrogen-bond donors (Lipinski definition) is 4. The topological polar surface area (TPSA) is 91.3 Å².